The van der Waals surface area contributed by atoms with E-state index in [4.69, 9.17) is 6.42 Å². The highest BCUT2D eigenvalue weighted by Gasteiger charge is 2.03. The van der Waals surface area contributed by atoms with E-state index in [1.54, 1.807) is 0 Å². The Hall–Kier alpha value is -2.72. The first kappa shape index (κ1) is 18.3. The molecule has 0 saturated carbocycles. The van der Waals surface area contributed by atoms with Crippen LogP contribution >= 0.6 is 0 Å². The molecule has 0 saturated heterocycles. The minimum Gasteiger partial charge on any atom is -0.299 e. The van der Waals surface area contributed by atoms with E-state index in [0.29, 0.717) is 0 Å². The molecular weight excluding hydrogens is 268 g/mol. The Morgan fingerprint density at radius 2 is 1.67 bits per heavy atom. The standard InChI is InChI=1S/C17H16O4/c1-3-7-15(19)12-13-17(21)9-6-5-8-16(20)11-10-14(18)4-2/h1,4,6,9H,2,7,10-13H2. The largest absolute Gasteiger partial charge is 0.299 e. The lowest BCUT2D eigenvalue weighted by atomic mass is 10.1. The van der Waals surface area contributed by atoms with Gasteiger partial charge >= 0.3 is 0 Å². The summed E-state index contributed by atoms with van der Waals surface area (Å²) in [4.78, 5) is 44.6. The van der Waals surface area contributed by atoms with E-state index in [9.17, 15) is 19.2 Å². The molecule has 0 fully saturated rings. The van der Waals surface area contributed by atoms with Gasteiger partial charge < -0.3 is 0 Å². The first-order chi connectivity index (χ1) is 9.99. The van der Waals surface area contributed by atoms with Gasteiger partial charge in [-0.3, -0.25) is 19.2 Å². The van der Waals surface area contributed by atoms with Crippen LogP contribution in [0, 0.1) is 24.2 Å². The van der Waals surface area contributed by atoms with Gasteiger partial charge in [-0.2, -0.15) is 0 Å². The highest BCUT2D eigenvalue weighted by atomic mass is 16.1. The van der Waals surface area contributed by atoms with Crippen LogP contribution in [0.1, 0.15) is 32.1 Å². The third kappa shape index (κ3) is 10.9. The van der Waals surface area contributed by atoms with Gasteiger partial charge in [-0.15, -0.1) is 6.42 Å². The molecule has 0 aliphatic carbocycles. The van der Waals surface area contributed by atoms with Crippen LogP contribution in [0.2, 0.25) is 0 Å². The molecule has 0 aromatic rings. The Labute approximate surface area is 124 Å². The SMILES string of the molecule is C#CCC(=O)CCC(=O)C=CC#CC(=O)CCC(=O)C=C. The van der Waals surface area contributed by atoms with Gasteiger partial charge in [-0.1, -0.05) is 18.4 Å². The maximum atomic E-state index is 11.4. The molecule has 0 atom stereocenters. The van der Waals surface area contributed by atoms with Crippen LogP contribution in [-0.2, 0) is 19.2 Å². The topological polar surface area (TPSA) is 68.3 Å². The number of ketones is 4. The van der Waals surface area contributed by atoms with Crippen LogP contribution in [0.15, 0.2) is 24.8 Å². The molecule has 0 rings (SSSR count). The molecule has 0 bridgehead atoms. The Morgan fingerprint density at radius 3 is 2.29 bits per heavy atom. The maximum absolute atomic E-state index is 11.4. The van der Waals surface area contributed by atoms with Gasteiger partial charge in [0, 0.05) is 25.7 Å². The van der Waals surface area contributed by atoms with Crippen molar-refractivity contribution in [1.82, 2.24) is 0 Å². The molecule has 0 aliphatic rings. The third-order valence-corrected chi connectivity index (χ3v) is 2.34. The fourth-order valence-corrected chi connectivity index (χ4v) is 1.21. The van der Waals surface area contributed by atoms with E-state index in [2.05, 4.69) is 24.3 Å². The first-order valence-corrected chi connectivity index (χ1v) is 6.33. The Kier molecular flexibility index (Phi) is 9.69. The van der Waals surface area contributed by atoms with Crippen LogP contribution in [0.5, 0.6) is 0 Å². The molecule has 0 spiro atoms. The van der Waals surface area contributed by atoms with Crippen LogP contribution in [0.25, 0.3) is 0 Å². The second-order valence-electron chi connectivity index (χ2n) is 4.08. The molecule has 0 heterocycles. The van der Waals surface area contributed by atoms with Gasteiger partial charge in [0.1, 0.15) is 5.78 Å². The summed E-state index contributed by atoms with van der Waals surface area (Å²) in [5, 5.41) is 0. The summed E-state index contributed by atoms with van der Waals surface area (Å²) in [5.41, 5.74) is 0. The van der Waals surface area contributed by atoms with Crippen LogP contribution in [0.3, 0.4) is 0 Å². The van der Waals surface area contributed by atoms with Gasteiger partial charge in [0.25, 0.3) is 0 Å². The van der Waals surface area contributed by atoms with E-state index in [-0.39, 0.29) is 55.2 Å². The van der Waals surface area contributed by atoms with Crippen molar-refractivity contribution in [1.29, 1.82) is 0 Å². The summed E-state index contributed by atoms with van der Waals surface area (Å²) in [5.74, 6) is 5.90. The van der Waals surface area contributed by atoms with Crippen molar-refractivity contribution in [2.45, 2.75) is 32.1 Å². The van der Waals surface area contributed by atoms with Gasteiger partial charge in [0.05, 0.1) is 6.42 Å². The van der Waals surface area contributed by atoms with E-state index in [1.807, 2.05) is 0 Å². The fourth-order valence-electron chi connectivity index (χ4n) is 1.21. The lowest BCUT2D eigenvalue weighted by molar-refractivity contribution is -0.121. The Bertz CT molecular complexity index is 562. The normalized spacial score (nSPS) is 9.29. The van der Waals surface area contributed by atoms with Gasteiger partial charge in [0.15, 0.2) is 11.6 Å². The van der Waals surface area contributed by atoms with Crippen molar-refractivity contribution in [2.24, 2.45) is 0 Å². The number of carbonyl (C=O) groups is 4. The number of terminal acetylenes is 1. The summed E-state index contributed by atoms with van der Waals surface area (Å²) >= 11 is 0. The van der Waals surface area contributed by atoms with Gasteiger partial charge in [-0.05, 0) is 24.1 Å². The summed E-state index contributed by atoms with van der Waals surface area (Å²) < 4.78 is 0. The van der Waals surface area contributed by atoms with Crippen molar-refractivity contribution in [3.8, 4) is 24.2 Å². The minimum atomic E-state index is -0.383. The highest BCUT2D eigenvalue weighted by Crippen LogP contribution is 1.97. The lowest BCUT2D eigenvalue weighted by Gasteiger charge is -1.92. The number of carbonyl (C=O) groups excluding carboxylic acids is 4. The predicted molar refractivity (Wildman–Crippen MR) is 79.1 cm³/mol. The van der Waals surface area contributed by atoms with Crippen molar-refractivity contribution in [3.05, 3.63) is 24.8 Å². The molecule has 0 aliphatic heterocycles. The second kappa shape index (κ2) is 11.1. The zero-order chi connectivity index (χ0) is 16.1. The van der Waals surface area contributed by atoms with Crippen molar-refractivity contribution < 1.29 is 19.2 Å². The number of hydrogen-bond donors (Lipinski definition) is 0. The highest BCUT2D eigenvalue weighted by molar-refractivity contribution is 6.00. The van der Waals surface area contributed by atoms with Crippen LogP contribution in [-0.4, -0.2) is 23.1 Å². The van der Waals surface area contributed by atoms with Gasteiger partial charge in [0.2, 0.25) is 5.78 Å². The maximum Gasteiger partial charge on any atom is 0.206 e. The van der Waals surface area contributed by atoms with Crippen LogP contribution < -0.4 is 0 Å². The smallest absolute Gasteiger partial charge is 0.206 e. The molecule has 0 aromatic heterocycles. The molecule has 0 unspecified atom stereocenters. The quantitative estimate of drug-likeness (QED) is 0.366. The molecule has 108 valence electrons. The predicted octanol–water partition coefficient (Wildman–Crippen LogP) is 1.59. The average Bonchev–Trinajstić information content (AvgIpc) is 2.47. The number of allylic oxidation sites excluding steroid dienone is 3. The van der Waals surface area contributed by atoms with E-state index < -0.39 is 0 Å². The molecular formula is C17H16O4. The summed E-state index contributed by atoms with van der Waals surface area (Å²) in [6.45, 7) is 3.29. The Balaban J connectivity index is 4.07. The molecule has 4 nitrogen and oxygen atoms in total. The number of hydrogen-bond acceptors (Lipinski definition) is 4. The summed E-state index contributed by atoms with van der Waals surface area (Å²) in [6, 6.07) is 0. The number of Topliss-reactive ketones (excluding diaryl/α,β-unsaturated/α-hetero) is 2. The molecule has 0 amide bonds. The summed E-state index contributed by atoms with van der Waals surface area (Å²) in [7, 11) is 0. The van der Waals surface area contributed by atoms with Crippen molar-refractivity contribution >= 4 is 23.1 Å². The van der Waals surface area contributed by atoms with Gasteiger partial charge in [-0.25, -0.2) is 0 Å². The van der Waals surface area contributed by atoms with Crippen molar-refractivity contribution in [3.63, 3.8) is 0 Å². The average molecular weight is 284 g/mol. The molecule has 21 heavy (non-hydrogen) atoms. The first-order valence-electron chi connectivity index (χ1n) is 6.33. The minimum absolute atomic E-state index is 0.0226. The lowest BCUT2D eigenvalue weighted by Crippen LogP contribution is -2.01. The molecule has 4 heteroatoms. The zero-order valence-electron chi connectivity index (χ0n) is 11.7. The van der Waals surface area contributed by atoms with Crippen LogP contribution in [0.4, 0.5) is 0 Å². The number of rotatable bonds is 9. The molecule has 0 aromatic carbocycles. The molecule has 0 N–H and O–H groups in total. The zero-order valence-corrected chi connectivity index (χ0v) is 11.7. The monoisotopic (exact) mass is 284 g/mol. The van der Waals surface area contributed by atoms with E-state index >= 15 is 0 Å². The third-order valence-electron chi connectivity index (χ3n) is 2.34. The van der Waals surface area contributed by atoms with E-state index in [1.165, 1.54) is 12.2 Å². The second-order valence-corrected chi connectivity index (χ2v) is 4.08. The Morgan fingerprint density at radius 1 is 1.00 bits per heavy atom. The van der Waals surface area contributed by atoms with Crippen molar-refractivity contribution in [2.75, 3.05) is 0 Å². The van der Waals surface area contributed by atoms with E-state index in [0.717, 1.165) is 6.08 Å². The molecule has 0 radical (unpaired) electrons. The summed E-state index contributed by atoms with van der Waals surface area (Å²) in [6.07, 6.45) is 8.88. The fraction of sp³-hybridized carbons (Fsp3) is 0.294.